The number of halogens is 1. The van der Waals surface area contributed by atoms with Crippen LogP contribution < -0.4 is 4.90 Å². The number of nitrogens with zero attached hydrogens (tertiary/aromatic N) is 4. The lowest BCUT2D eigenvalue weighted by atomic mass is 10.1. The largest absolute Gasteiger partial charge is 0.367 e. The summed E-state index contributed by atoms with van der Waals surface area (Å²) in [5.74, 6) is -0.172. The van der Waals surface area contributed by atoms with Gasteiger partial charge in [0.2, 0.25) is 5.91 Å². The zero-order chi connectivity index (χ0) is 23.2. The third-order valence-electron chi connectivity index (χ3n) is 5.95. The van der Waals surface area contributed by atoms with Crippen LogP contribution >= 0.6 is 0 Å². The molecule has 6 heteroatoms. The van der Waals surface area contributed by atoms with Gasteiger partial charge in [0.1, 0.15) is 5.82 Å². The standard InChI is InChI=1S/C25H25FN4O.C2H6/c26-22-6-3-19(4-7-22)18-28-10-12-30(13-11-28)25(31)8-5-21-16-23-20(2-1-9-27-23)17-24(21)29-14-15-29;1-2/h1-9,16-17H,10-15,18H2;1-2H3/b8-5+;. The lowest BCUT2D eigenvalue weighted by Gasteiger charge is -2.34. The molecule has 0 radical (unpaired) electrons. The third-order valence-corrected chi connectivity index (χ3v) is 5.95. The second kappa shape index (κ2) is 10.6. The molecule has 33 heavy (non-hydrogen) atoms. The van der Waals surface area contributed by atoms with E-state index in [1.807, 2.05) is 43.0 Å². The summed E-state index contributed by atoms with van der Waals surface area (Å²) in [7, 11) is 0. The summed E-state index contributed by atoms with van der Waals surface area (Å²) < 4.78 is 13.1. The van der Waals surface area contributed by atoms with Gasteiger partial charge in [-0.25, -0.2) is 4.39 Å². The summed E-state index contributed by atoms with van der Waals surface area (Å²) in [6.07, 6.45) is 5.41. The van der Waals surface area contributed by atoms with Gasteiger partial charge < -0.3 is 9.80 Å². The fourth-order valence-corrected chi connectivity index (χ4v) is 4.06. The highest BCUT2D eigenvalue weighted by Gasteiger charge is 2.22. The first-order valence-corrected chi connectivity index (χ1v) is 11.7. The van der Waals surface area contributed by atoms with Crippen LogP contribution in [0.1, 0.15) is 25.0 Å². The van der Waals surface area contributed by atoms with Gasteiger partial charge in [-0.2, -0.15) is 0 Å². The molecule has 5 rings (SSSR count). The number of amides is 1. The summed E-state index contributed by atoms with van der Waals surface area (Å²) in [6, 6.07) is 14.9. The molecule has 3 heterocycles. The average Bonchev–Trinajstić information content (AvgIpc) is 3.70. The van der Waals surface area contributed by atoms with Crippen molar-refractivity contribution in [1.29, 1.82) is 0 Å². The van der Waals surface area contributed by atoms with Crippen LogP contribution in [0.4, 0.5) is 10.1 Å². The second-order valence-electron chi connectivity index (χ2n) is 8.16. The maximum atomic E-state index is 13.1. The average molecular weight is 447 g/mol. The van der Waals surface area contributed by atoms with E-state index in [0.29, 0.717) is 13.1 Å². The summed E-state index contributed by atoms with van der Waals surface area (Å²) in [5.41, 5.74) is 4.23. The molecule has 0 unspecified atom stereocenters. The monoisotopic (exact) mass is 446 g/mol. The van der Waals surface area contributed by atoms with Gasteiger partial charge in [-0.15, -0.1) is 0 Å². The van der Waals surface area contributed by atoms with Gasteiger partial charge in [0, 0.05) is 74.7 Å². The van der Waals surface area contributed by atoms with Crippen molar-refractivity contribution in [2.24, 2.45) is 0 Å². The number of rotatable bonds is 5. The third kappa shape index (κ3) is 5.76. The van der Waals surface area contributed by atoms with Gasteiger partial charge in [0.15, 0.2) is 0 Å². The van der Waals surface area contributed by atoms with E-state index in [2.05, 4.69) is 33.0 Å². The molecule has 5 nitrogen and oxygen atoms in total. The number of hydrogen-bond acceptors (Lipinski definition) is 4. The van der Waals surface area contributed by atoms with E-state index in [-0.39, 0.29) is 11.7 Å². The number of hydrogen-bond donors (Lipinski definition) is 0. The molecule has 0 N–H and O–H groups in total. The normalized spacial score (nSPS) is 16.1. The van der Waals surface area contributed by atoms with Crippen molar-refractivity contribution in [2.75, 3.05) is 44.2 Å². The summed E-state index contributed by atoms with van der Waals surface area (Å²) in [5, 5.41) is 1.12. The Hall–Kier alpha value is -3.25. The molecular formula is C27H31FN4O. The molecule has 0 bridgehead atoms. The van der Waals surface area contributed by atoms with E-state index >= 15 is 0 Å². The van der Waals surface area contributed by atoms with Crippen molar-refractivity contribution in [2.45, 2.75) is 20.4 Å². The van der Waals surface area contributed by atoms with Crippen LogP contribution in [0.3, 0.4) is 0 Å². The molecule has 172 valence electrons. The van der Waals surface area contributed by atoms with Crippen molar-refractivity contribution >= 4 is 28.6 Å². The molecular weight excluding hydrogens is 415 g/mol. The number of benzene rings is 2. The molecule has 0 aliphatic carbocycles. The lowest BCUT2D eigenvalue weighted by molar-refractivity contribution is -0.127. The van der Waals surface area contributed by atoms with Crippen molar-refractivity contribution in [1.82, 2.24) is 14.8 Å². The molecule has 2 aromatic carbocycles. The summed E-state index contributed by atoms with van der Waals surface area (Å²) in [4.78, 5) is 23.7. The predicted octanol–water partition coefficient (Wildman–Crippen LogP) is 4.58. The summed E-state index contributed by atoms with van der Waals surface area (Å²) in [6.45, 7) is 9.91. The molecule has 1 amide bonds. The minimum Gasteiger partial charge on any atom is -0.367 e. The minimum absolute atomic E-state index is 0.0410. The van der Waals surface area contributed by atoms with E-state index in [0.717, 1.165) is 60.4 Å². The van der Waals surface area contributed by atoms with E-state index < -0.39 is 0 Å². The smallest absolute Gasteiger partial charge is 0.246 e. The first-order valence-electron chi connectivity index (χ1n) is 11.7. The van der Waals surface area contributed by atoms with Crippen LogP contribution in [0, 0.1) is 5.82 Å². The Morgan fingerprint density at radius 2 is 1.73 bits per heavy atom. The van der Waals surface area contributed by atoms with Gasteiger partial charge >= 0.3 is 0 Å². The highest BCUT2D eigenvalue weighted by Crippen LogP contribution is 2.31. The number of pyridine rings is 1. The molecule has 2 fully saturated rings. The Morgan fingerprint density at radius 3 is 2.42 bits per heavy atom. The molecule has 0 spiro atoms. The zero-order valence-corrected chi connectivity index (χ0v) is 19.4. The molecule has 2 saturated heterocycles. The van der Waals surface area contributed by atoms with Gasteiger partial charge in [0.05, 0.1) is 5.52 Å². The molecule has 2 aliphatic rings. The van der Waals surface area contributed by atoms with E-state index in [4.69, 9.17) is 0 Å². The zero-order valence-electron chi connectivity index (χ0n) is 19.4. The number of fused-ring (bicyclic) bond motifs is 1. The first kappa shape index (κ1) is 22.9. The van der Waals surface area contributed by atoms with Crippen molar-refractivity contribution < 1.29 is 9.18 Å². The number of piperazine rings is 1. The topological polar surface area (TPSA) is 39.5 Å². The van der Waals surface area contributed by atoms with Crippen LogP contribution in [-0.4, -0.2) is 60.0 Å². The molecule has 1 aromatic heterocycles. The molecule has 3 aromatic rings. The van der Waals surface area contributed by atoms with E-state index in [1.165, 1.54) is 12.1 Å². The maximum Gasteiger partial charge on any atom is 0.246 e. The Bertz CT molecular complexity index is 1120. The Labute approximate surface area is 195 Å². The van der Waals surface area contributed by atoms with Gasteiger partial charge in [-0.05, 0) is 42.0 Å². The van der Waals surface area contributed by atoms with E-state index in [1.54, 1.807) is 12.3 Å². The second-order valence-corrected chi connectivity index (χ2v) is 8.16. The van der Waals surface area contributed by atoms with Crippen LogP contribution in [-0.2, 0) is 11.3 Å². The molecule has 0 atom stereocenters. The van der Waals surface area contributed by atoms with Gasteiger partial charge in [-0.3, -0.25) is 14.7 Å². The maximum absolute atomic E-state index is 13.1. The highest BCUT2D eigenvalue weighted by molar-refractivity contribution is 5.95. The SMILES string of the molecule is CC.O=C(/C=C/c1cc2ncccc2cc1N1CC1)N1CCN(Cc2ccc(F)cc2)CC1. The predicted molar refractivity (Wildman–Crippen MR) is 133 cm³/mol. The van der Waals surface area contributed by atoms with Crippen LogP contribution in [0.25, 0.3) is 17.0 Å². The van der Waals surface area contributed by atoms with Crippen molar-refractivity contribution in [3.8, 4) is 0 Å². The quantitative estimate of drug-likeness (QED) is 0.425. The minimum atomic E-state index is -0.213. The Balaban J connectivity index is 0.00000126. The van der Waals surface area contributed by atoms with Gasteiger partial charge in [0.25, 0.3) is 0 Å². The number of anilines is 1. The van der Waals surface area contributed by atoms with E-state index in [9.17, 15) is 9.18 Å². The first-order chi connectivity index (χ1) is 16.2. The fraction of sp³-hybridized carbons (Fsp3) is 0.333. The highest BCUT2D eigenvalue weighted by atomic mass is 19.1. The fourth-order valence-electron chi connectivity index (χ4n) is 4.06. The summed E-state index contributed by atoms with van der Waals surface area (Å²) >= 11 is 0. The number of aromatic nitrogens is 1. The number of carbonyl (C=O) groups excluding carboxylic acids is 1. The van der Waals surface area contributed by atoms with Crippen LogP contribution in [0.15, 0.2) is 60.8 Å². The van der Waals surface area contributed by atoms with Gasteiger partial charge in [-0.1, -0.05) is 32.0 Å². The Morgan fingerprint density at radius 1 is 1.00 bits per heavy atom. The van der Waals surface area contributed by atoms with Crippen LogP contribution in [0.2, 0.25) is 0 Å². The number of carbonyl (C=O) groups is 1. The Kier molecular flexibility index (Phi) is 7.35. The van der Waals surface area contributed by atoms with Crippen molar-refractivity contribution in [3.63, 3.8) is 0 Å². The lowest BCUT2D eigenvalue weighted by Crippen LogP contribution is -2.47. The van der Waals surface area contributed by atoms with Crippen molar-refractivity contribution in [3.05, 3.63) is 77.7 Å². The van der Waals surface area contributed by atoms with Crippen LogP contribution in [0.5, 0.6) is 0 Å². The molecule has 2 aliphatic heterocycles. The molecule has 0 saturated carbocycles.